The van der Waals surface area contributed by atoms with Crippen LogP contribution in [0.2, 0.25) is 0 Å². The number of carbonyl (C=O) groups is 1. The Morgan fingerprint density at radius 3 is 2.33 bits per heavy atom. The maximum atomic E-state index is 13.0. The van der Waals surface area contributed by atoms with Gasteiger partial charge < -0.3 is 10.3 Å². The van der Waals surface area contributed by atoms with E-state index >= 15 is 0 Å². The van der Waals surface area contributed by atoms with Crippen molar-refractivity contribution < 1.29 is 13.2 Å². The third-order valence-electron chi connectivity index (χ3n) is 5.18. The van der Waals surface area contributed by atoms with Crippen molar-refractivity contribution in [3.8, 4) is 0 Å². The second-order valence-corrected chi connectivity index (χ2v) is 9.57. The third-order valence-corrected chi connectivity index (χ3v) is 6.56. The smallest absolute Gasteiger partial charge is 0.261 e. The summed E-state index contributed by atoms with van der Waals surface area (Å²) in [5.74, 6) is -0.538. The van der Waals surface area contributed by atoms with Crippen LogP contribution in [0.4, 0.5) is 5.69 Å². The maximum Gasteiger partial charge on any atom is 0.261 e. The first-order chi connectivity index (χ1) is 15.7. The van der Waals surface area contributed by atoms with E-state index in [2.05, 4.69) is 15.0 Å². The summed E-state index contributed by atoms with van der Waals surface area (Å²) in [5, 5.41) is 2.84. The number of benzene rings is 3. The minimum atomic E-state index is -3.94. The Kier molecular flexibility index (Phi) is 6.02. The van der Waals surface area contributed by atoms with Gasteiger partial charge in [0.1, 0.15) is 5.56 Å². The van der Waals surface area contributed by atoms with Crippen LogP contribution in [0.25, 0.3) is 10.9 Å². The van der Waals surface area contributed by atoms with Crippen LogP contribution in [0.3, 0.4) is 0 Å². The minimum Gasteiger partial charge on any atom is -0.360 e. The Hall–Kier alpha value is -3.91. The van der Waals surface area contributed by atoms with Gasteiger partial charge in [0.2, 0.25) is 5.43 Å². The van der Waals surface area contributed by atoms with Gasteiger partial charge in [-0.1, -0.05) is 36.4 Å². The van der Waals surface area contributed by atoms with E-state index in [1.807, 2.05) is 50.2 Å². The summed E-state index contributed by atoms with van der Waals surface area (Å²) in [5.41, 5.74) is 2.99. The van der Waals surface area contributed by atoms with Crippen molar-refractivity contribution in [2.45, 2.75) is 25.3 Å². The number of aromatic nitrogens is 1. The van der Waals surface area contributed by atoms with E-state index in [4.69, 9.17) is 0 Å². The van der Waals surface area contributed by atoms with E-state index in [0.29, 0.717) is 11.2 Å². The lowest BCUT2D eigenvalue weighted by atomic mass is 10.1. The molecule has 0 unspecified atom stereocenters. The highest BCUT2D eigenvalue weighted by Crippen LogP contribution is 2.21. The van der Waals surface area contributed by atoms with Gasteiger partial charge in [0.25, 0.3) is 15.9 Å². The summed E-state index contributed by atoms with van der Waals surface area (Å²) in [7, 11) is -3.94. The summed E-state index contributed by atoms with van der Waals surface area (Å²) in [6.45, 7) is 4.03. The molecule has 0 fully saturated rings. The zero-order valence-electron chi connectivity index (χ0n) is 18.2. The van der Waals surface area contributed by atoms with Crippen molar-refractivity contribution in [3.05, 3.63) is 105 Å². The molecule has 0 saturated carbocycles. The largest absolute Gasteiger partial charge is 0.360 e. The summed E-state index contributed by atoms with van der Waals surface area (Å²) < 4.78 is 28.5. The van der Waals surface area contributed by atoms with Gasteiger partial charge in [-0.3, -0.25) is 14.3 Å². The molecule has 4 aromatic rings. The standard InChI is InChI=1S/C25H23N3O4S/c1-16-10-17(2)12-19(11-16)28-33(31,32)20-8-9-23-21(13-20)24(29)22(15-26-23)25(30)27-14-18-6-4-3-5-7-18/h3-13,15,28H,14H2,1-2H3,(H,26,29)(H,27,30). The molecule has 0 atom stereocenters. The van der Waals surface area contributed by atoms with Crippen LogP contribution in [-0.4, -0.2) is 19.3 Å². The number of hydrogen-bond acceptors (Lipinski definition) is 4. The molecule has 0 aliphatic rings. The average Bonchev–Trinajstić information content (AvgIpc) is 2.77. The first kappa shape index (κ1) is 22.3. The van der Waals surface area contributed by atoms with E-state index in [-0.39, 0.29) is 22.4 Å². The van der Waals surface area contributed by atoms with Crippen molar-refractivity contribution in [2.24, 2.45) is 0 Å². The van der Waals surface area contributed by atoms with Gasteiger partial charge >= 0.3 is 0 Å². The zero-order chi connectivity index (χ0) is 23.6. The first-order valence-electron chi connectivity index (χ1n) is 10.3. The number of fused-ring (bicyclic) bond motifs is 1. The molecule has 0 spiro atoms. The molecular formula is C25H23N3O4S. The molecule has 8 heteroatoms. The van der Waals surface area contributed by atoms with Crippen LogP contribution < -0.4 is 15.5 Å². The lowest BCUT2D eigenvalue weighted by Crippen LogP contribution is -2.28. The second kappa shape index (κ2) is 8.91. The first-order valence-corrected chi connectivity index (χ1v) is 11.8. The van der Waals surface area contributed by atoms with Gasteiger partial charge in [0.15, 0.2) is 0 Å². The van der Waals surface area contributed by atoms with Crippen LogP contribution in [0, 0.1) is 13.8 Å². The van der Waals surface area contributed by atoms with E-state index in [9.17, 15) is 18.0 Å². The Labute approximate surface area is 191 Å². The summed E-state index contributed by atoms with van der Waals surface area (Å²) in [4.78, 5) is 28.5. The number of sulfonamides is 1. The van der Waals surface area contributed by atoms with Crippen LogP contribution in [0.5, 0.6) is 0 Å². The van der Waals surface area contributed by atoms with Crippen molar-refractivity contribution in [1.82, 2.24) is 10.3 Å². The van der Waals surface area contributed by atoms with Crippen molar-refractivity contribution in [1.29, 1.82) is 0 Å². The lowest BCUT2D eigenvalue weighted by Gasteiger charge is -2.11. The van der Waals surface area contributed by atoms with Crippen LogP contribution in [0.15, 0.2) is 82.6 Å². The molecule has 0 aliphatic carbocycles. The van der Waals surface area contributed by atoms with Gasteiger partial charge in [-0.05, 0) is 60.9 Å². The zero-order valence-corrected chi connectivity index (χ0v) is 19.0. The monoisotopic (exact) mass is 461 g/mol. The molecule has 1 heterocycles. The highest BCUT2D eigenvalue weighted by Gasteiger charge is 2.18. The average molecular weight is 462 g/mol. The number of amides is 1. The number of hydrogen-bond donors (Lipinski definition) is 3. The number of carbonyl (C=O) groups excluding carboxylic acids is 1. The molecule has 0 saturated heterocycles. The van der Waals surface area contributed by atoms with E-state index in [1.54, 1.807) is 12.1 Å². The molecule has 0 bridgehead atoms. The Morgan fingerprint density at radius 2 is 1.64 bits per heavy atom. The maximum absolute atomic E-state index is 13.0. The van der Waals surface area contributed by atoms with Crippen LogP contribution >= 0.6 is 0 Å². The van der Waals surface area contributed by atoms with Gasteiger partial charge in [-0.15, -0.1) is 0 Å². The number of nitrogens with one attached hydrogen (secondary N) is 3. The SMILES string of the molecule is Cc1cc(C)cc(NS(=O)(=O)c2ccc3[nH]cc(C(=O)NCc4ccccc4)c(=O)c3c2)c1. The molecular weight excluding hydrogens is 438 g/mol. The molecule has 1 aromatic heterocycles. The van der Waals surface area contributed by atoms with E-state index in [1.165, 1.54) is 24.4 Å². The van der Waals surface area contributed by atoms with Crippen LogP contribution in [-0.2, 0) is 16.6 Å². The molecule has 0 radical (unpaired) electrons. The Bertz CT molecular complexity index is 1490. The van der Waals surface area contributed by atoms with Gasteiger partial charge in [-0.2, -0.15) is 0 Å². The molecule has 0 aliphatic heterocycles. The fraction of sp³-hybridized carbons (Fsp3) is 0.120. The molecule has 3 N–H and O–H groups in total. The van der Waals surface area contributed by atoms with Crippen LogP contribution in [0.1, 0.15) is 27.0 Å². The van der Waals surface area contributed by atoms with Crippen molar-refractivity contribution >= 4 is 32.5 Å². The quantitative estimate of drug-likeness (QED) is 0.405. The minimum absolute atomic E-state index is 0.0681. The predicted molar refractivity (Wildman–Crippen MR) is 129 cm³/mol. The van der Waals surface area contributed by atoms with Gasteiger partial charge in [0.05, 0.1) is 4.90 Å². The van der Waals surface area contributed by atoms with E-state index < -0.39 is 21.4 Å². The molecule has 1 amide bonds. The van der Waals surface area contributed by atoms with E-state index in [0.717, 1.165) is 16.7 Å². The molecule has 4 rings (SSSR count). The summed E-state index contributed by atoms with van der Waals surface area (Å²) in [6.07, 6.45) is 1.34. The molecule has 7 nitrogen and oxygen atoms in total. The van der Waals surface area contributed by atoms with Crippen molar-refractivity contribution in [3.63, 3.8) is 0 Å². The Balaban J connectivity index is 1.64. The highest BCUT2D eigenvalue weighted by molar-refractivity contribution is 7.92. The number of aromatic amines is 1. The molecule has 33 heavy (non-hydrogen) atoms. The third kappa shape index (κ3) is 4.96. The summed E-state index contributed by atoms with van der Waals surface area (Å²) in [6, 6.07) is 18.9. The van der Waals surface area contributed by atoms with Gasteiger partial charge in [-0.25, -0.2) is 8.42 Å². The normalized spacial score (nSPS) is 11.3. The second-order valence-electron chi connectivity index (χ2n) is 7.89. The fourth-order valence-electron chi connectivity index (χ4n) is 3.65. The molecule has 168 valence electrons. The van der Waals surface area contributed by atoms with Gasteiger partial charge in [0, 0.05) is 29.3 Å². The fourth-order valence-corrected chi connectivity index (χ4v) is 4.72. The Morgan fingerprint density at radius 1 is 0.939 bits per heavy atom. The summed E-state index contributed by atoms with van der Waals surface area (Å²) >= 11 is 0. The topological polar surface area (TPSA) is 108 Å². The number of anilines is 1. The lowest BCUT2D eigenvalue weighted by molar-refractivity contribution is 0.0949. The number of pyridine rings is 1. The van der Waals surface area contributed by atoms with Crippen molar-refractivity contribution in [2.75, 3.05) is 4.72 Å². The number of H-pyrrole nitrogens is 1. The predicted octanol–water partition coefficient (Wildman–Crippen LogP) is 3.88. The highest BCUT2D eigenvalue weighted by atomic mass is 32.2. The number of rotatable bonds is 6. The number of aryl methyl sites for hydroxylation is 2. The molecule has 3 aromatic carbocycles.